The zero-order valence-electron chi connectivity index (χ0n) is 19.9. The lowest BCUT2D eigenvalue weighted by atomic mass is 9.95. The average Bonchev–Trinajstić information content (AvgIpc) is 2.94. The molecule has 0 aliphatic heterocycles. The van der Waals surface area contributed by atoms with Crippen LogP contribution in [-0.4, -0.2) is 16.7 Å². The molecule has 4 heteroatoms. The largest absolute Gasteiger partial charge is 0.270 e. The second-order valence-corrected chi connectivity index (χ2v) is 9.86. The zero-order chi connectivity index (χ0) is 25.4. The molecule has 37 heavy (non-hydrogen) atoms. The maximum Gasteiger partial charge on any atom is 0.262 e. The molecule has 0 bridgehead atoms. The van der Waals surface area contributed by atoms with Crippen LogP contribution in [0.25, 0.3) is 32.3 Å². The molecule has 0 aliphatic rings. The number of carbonyl (C=O) groups is 2. The Morgan fingerprint density at radius 3 is 1.78 bits per heavy atom. The Morgan fingerprint density at radius 1 is 0.568 bits per heavy atom. The highest BCUT2D eigenvalue weighted by Gasteiger charge is 2.28. The highest BCUT2D eigenvalue weighted by atomic mass is 79.9. The molecule has 178 valence electrons. The number of fused-ring (bicyclic) bond motifs is 3. The van der Waals surface area contributed by atoms with Crippen LogP contribution >= 0.6 is 15.9 Å². The molecule has 6 aromatic carbocycles. The second kappa shape index (κ2) is 9.64. The van der Waals surface area contributed by atoms with Crippen LogP contribution < -0.4 is 0 Å². The van der Waals surface area contributed by atoms with Gasteiger partial charge in [0.1, 0.15) is 0 Å². The topological polar surface area (TPSA) is 37.4 Å². The van der Waals surface area contributed by atoms with Crippen LogP contribution in [0.4, 0.5) is 0 Å². The van der Waals surface area contributed by atoms with Gasteiger partial charge < -0.3 is 0 Å². The van der Waals surface area contributed by atoms with Crippen LogP contribution in [0, 0.1) is 0 Å². The summed E-state index contributed by atoms with van der Waals surface area (Å²) >= 11 is 3.61. The Balaban J connectivity index is 1.58. The van der Waals surface area contributed by atoms with Crippen LogP contribution in [0.2, 0.25) is 0 Å². The molecule has 0 unspecified atom stereocenters. The van der Waals surface area contributed by atoms with E-state index in [1.54, 1.807) is 6.07 Å². The van der Waals surface area contributed by atoms with Crippen molar-refractivity contribution in [3.05, 3.63) is 142 Å². The van der Waals surface area contributed by atoms with E-state index in [1.807, 2.05) is 109 Å². The van der Waals surface area contributed by atoms with E-state index in [-0.39, 0.29) is 18.4 Å². The van der Waals surface area contributed by atoms with Gasteiger partial charge in [-0.05, 0) is 56.1 Å². The van der Waals surface area contributed by atoms with E-state index in [2.05, 4.69) is 22.0 Å². The minimum Gasteiger partial charge on any atom is -0.270 e. The van der Waals surface area contributed by atoms with Crippen LogP contribution in [0.3, 0.4) is 0 Å². The summed E-state index contributed by atoms with van der Waals surface area (Å²) in [6, 6.07) is 38.9. The van der Waals surface area contributed by atoms with E-state index in [9.17, 15) is 9.59 Å². The standard InChI is InChI=1S/C33H22BrNO2/c34-30-19-8-4-13-25(30)21-35(32(36)29-18-9-14-22-10-1-5-15-26(22)29)33(37)31-27-16-6-2-11-23(27)20-24-12-3-7-17-28(24)31/h1-20H,21H2. The molecule has 0 atom stereocenters. The number of amides is 2. The molecule has 0 saturated carbocycles. The summed E-state index contributed by atoms with van der Waals surface area (Å²) in [6.07, 6.45) is 0. The second-order valence-electron chi connectivity index (χ2n) is 9.01. The van der Waals surface area contributed by atoms with Crippen LogP contribution in [0.15, 0.2) is 126 Å². The predicted molar refractivity (Wildman–Crippen MR) is 154 cm³/mol. The van der Waals surface area contributed by atoms with E-state index >= 15 is 0 Å². The monoisotopic (exact) mass is 543 g/mol. The molecule has 3 nitrogen and oxygen atoms in total. The lowest BCUT2D eigenvalue weighted by molar-refractivity contribution is 0.0607. The minimum atomic E-state index is -0.324. The molecule has 6 aromatic rings. The Labute approximate surface area is 223 Å². The first-order valence-electron chi connectivity index (χ1n) is 12.1. The molecule has 0 heterocycles. The quantitative estimate of drug-likeness (QED) is 0.165. The first-order chi connectivity index (χ1) is 18.1. The van der Waals surface area contributed by atoms with E-state index in [0.717, 1.165) is 42.4 Å². The fourth-order valence-corrected chi connectivity index (χ4v) is 5.38. The summed E-state index contributed by atoms with van der Waals surface area (Å²) in [6.45, 7) is 0.139. The molecule has 0 spiro atoms. The van der Waals surface area contributed by atoms with Gasteiger partial charge in [-0.15, -0.1) is 0 Å². The molecule has 0 saturated heterocycles. The van der Waals surface area contributed by atoms with Crippen molar-refractivity contribution in [1.82, 2.24) is 4.90 Å². The van der Waals surface area contributed by atoms with Gasteiger partial charge in [0.2, 0.25) is 0 Å². The number of hydrogen-bond acceptors (Lipinski definition) is 2. The van der Waals surface area contributed by atoms with Crippen molar-refractivity contribution in [2.75, 3.05) is 0 Å². The maximum atomic E-state index is 14.5. The van der Waals surface area contributed by atoms with Gasteiger partial charge >= 0.3 is 0 Å². The summed E-state index contributed by atoms with van der Waals surface area (Å²) in [7, 11) is 0. The van der Waals surface area contributed by atoms with Crippen molar-refractivity contribution in [1.29, 1.82) is 0 Å². The molecular formula is C33H22BrNO2. The number of carbonyl (C=O) groups excluding carboxylic acids is 2. The van der Waals surface area contributed by atoms with Gasteiger partial charge in [0.15, 0.2) is 0 Å². The number of imide groups is 1. The third-order valence-electron chi connectivity index (χ3n) is 6.78. The van der Waals surface area contributed by atoms with Crippen molar-refractivity contribution in [2.24, 2.45) is 0 Å². The Morgan fingerprint density at radius 2 is 1.11 bits per heavy atom. The number of hydrogen-bond donors (Lipinski definition) is 0. The SMILES string of the molecule is O=C(c1cccc2ccccc12)N(Cc1ccccc1Br)C(=O)c1c2ccccc2cc2ccccc12. The third-order valence-corrected chi connectivity index (χ3v) is 7.56. The number of rotatable bonds is 4. The summed E-state index contributed by atoms with van der Waals surface area (Å²) in [5.41, 5.74) is 1.89. The molecule has 0 N–H and O–H groups in total. The molecule has 2 amide bonds. The van der Waals surface area contributed by atoms with Gasteiger partial charge in [0.05, 0.1) is 12.1 Å². The molecule has 0 fully saturated rings. The highest BCUT2D eigenvalue weighted by Crippen LogP contribution is 2.31. The molecular weight excluding hydrogens is 522 g/mol. The average molecular weight is 544 g/mol. The van der Waals surface area contributed by atoms with Crippen molar-refractivity contribution < 1.29 is 9.59 Å². The van der Waals surface area contributed by atoms with Gasteiger partial charge in [-0.2, -0.15) is 0 Å². The van der Waals surface area contributed by atoms with Gasteiger partial charge in [0.25, 0.3) is 11.8 Å². The minimum absolute atomic E-state index is 0.139. The van der Waals surface area contributed by atoms with Gasteiger partial charge in [-0.1, -0.05) is 119 Å². The molecule has 0 aliphatic carbocycles. The van der Waals surface area contributed by atoms with Crippen molar-refractivity contribution >= 4 is 60.1 Å². The summed E-state index contributed by atoms with van der Waals surface area (Å²) < 4.78 is 0.848. The molecule has 0 aromatic heterocycles. The van der Waals surface area contributed by atoms with E-state index in [1.165, 1.54) is 4.90 Å². The molecule has 6 rings (SSSR count). The summed E-state index contributed by atoms with van der Waals surface area (Å²) in [4.78, 5) is 30.2. The highest BCUT2D eigenvalue weighted by molar-refractivity contribution is 9.10. The maximum absolute atomic E-state index is 14.5. The lowest BCUT2D eigenvalue weighted by Gasteiger charge is -2.24. The van der Waals surface area contributed by atoms with Crippen LogP contribution in [0.1, 0.15) is 26.3 Å². The first kappa shape index (κ1) is 23.1. The van der Waals surface area contributed by atoms with Crippen molar-refractivity contribution in [3.8, 4) is 0 Å². The van der Waals surface area contributed by atoms with Crippen molar-refractivity contribution in [2.45, 2.75) is 6.54 Å². The Hall–Kier alpha value is -4.28. The van der Waals surface area contributed by atoms with Crippen LogP contribution in [0.5, 0.6) is 0 Å². The van der Waals surface area contributed by atoms with Crippen LogP contribution in [-0.2, 0) is 6.54 Å². The lowest BCUT2D eigenvalue weighted by Crippen LogP contribution is -2.37. The fourth-order valence-electron chi connectivity index (χ4n) is 4.97. The zero-order valence-corrected chi connectivity index (χ0v) is 21.5. The van der Waals surface area contributed by atoms with Gasteiger partial charge in [0, 0.05) is 10.0 Å². The van der Waals surface area contributed by atoms with E-state index in [0.29, 0.717) is 11.1 Å². The van der Waals surface area contributed by atoms with Crippen molar-refractivity contribution in [3.63, 3.8) is 0 Å². The first-order valence-corrected chi connectivity index (χ1v) is 12.9. The Kier molecular flexibility index (Phi) is 6.03. The van der Waals surface area contributed by atoms with E-state index < -0.39 is 0 Å². The van der Waals surface area contributed by atoms with Gasteiger partial charge in [-0.3, -0.25) is 14.5 Å². The number of benzene rings is 6. The number of halogens is 1. The predicted octanol–water partition coefficient (Wildman–Crippen LogP) is 8.39. The third kappa shape index (κ3) is 4.20. The number of nitrogens with zero attached hydrogens (tertiary/aromatic N) is 1. The Bertz CT molecular complexity index is 1770. The summed E-state index contributed by atoms with van der Waals surface area (Å²) in [5.74, 6) is -0.642. The fraction of sp³-hybridized carbons (Fsp3) is 0.0303. The van der Waals surface area contributed by atoms with E-state index in [4.69, 9.17) is 0 Å². The molecule has 0 radical (unpaired) electrons. The smallest absolute Gasteiger partial charge is 0.262 e. The summed E-state index contributed by atoms with van der Waals surface area (Å²) in [5, 5.41) is 5.36. The van der Waals surface area contributed by atoms with Gasteiger partial charge in [-0.25, -0.2) is 0 Å². The normalized spacial score (nSPS) is 11.2.